The molecule has 0 spiro atoms. The van der Waals surface area contributed by atoms with Crippen LogP contribution in [0.25, 0.3) is 16.6 Å². The number of nitrogens with one attached hydrogen (secondary N) is 2. The van der Waals surface area contributed by atoms with Crippen molar-refractivity contribution in [3.05, 3.63) is 82.6 Å². The summed E-state index contributed by atoms with van der Waals surface area (Å²) in [5, 5.41) is 14.6. The van der Waals surface area contributed by atoms with Crippen LogP contribution in [0.2, 0.25) is 0 Å². The van der Waals surface area contributed by atoms with E-state index in [4.69, 9.17) is 14.7 Å². The quantitative estimate of drug-likeness (QED) is 0.315. The van der Waals surface area contributed by atoms with Crippen molar-refractivity contribution >= 4 is 40.3 Å². The number of thioether (sulfide) groups is 1. The SMILES string of the molecule is N#Cc1ccc(-n2c(SCC(=O)NC(=O)Nc3ccc4c(c3)OCO4)nc3ccccc3c2=O)cc1. The number of carbonyl (C=O) groups is 2. The minimum absolute atomic E-state index is 0.108. The molecule has 0 saturated carbocycles. The fourth-order valence-corrected chi connectivity index (χ4v) is 4.36. The van der Waals surface area contributed by atoms with Crippen molar-refractivity contribution < 1.29 is 19.1 Å². The van der Waals surface area contributed by atoms with Crippen LogP contribution < -0.4 is 25.7 Å². The number of carbonyl (C=O) groups excluding carboxylic acids is 2. The number of imide groups is 1. The summed E-state index contributed by atoms with van der Waals surface area (Å²) in [4.78, 5) is 42.6. The van der Waals surface area contributed by atoms with Crippen LogP contribution in [0.3, 0.4) is 0 Å². The number of ether oxygens (including phenoxy) is 2. The number of rotatable bonds is 5. The third-order valence-corrected chi connectivity index (χ3v) is 6.15. The number of nitrogens with zero attached hydrogens (tertiary/aromatic N) is 3. The molecule has 0 unspecified atom stereocenters. The molecule has 4 aromatic rings. The molecule has 36 heavy (non-hydrogen) atoms. The highest BCUT2D eigenvalue weighted by Gasteiger charge is 2.17. The van der Waals surface area contributed by atoms with E-state index in [0.29, 0.717) is 39.3 Å². The maximum absolute atomic E-state index is 13.3. The van der Waals surface area contributed by atoms with E-state index in [1.54, 1.807) is 66.7 Å². The maximum Gasteiger partial charge on any atom is 0.325 e. The van der Waals surface area contributed by atoms with Crippen molar-refractivity contribution in [3.8, 4) is 23.3 Å². The molecular formula is C25H17N5O5S. The van der Waals surface area contributed by atoms with Crippen LogP contribution in [0, 0.1) is 11.3 Å². The van der Waals surface area contributed by atoms with Crippen molar-refractivity contribution in [2.24, 2.45) is 0 Å². The number of nitriles is 1. The summed E-state index contributed by atoms with van der Waals surface area (Å²) in [5.41, 5.74) is 1.55. The van der Waals surface area contributed by atoms with Gasteiger partial charge in [0.15, 0.2) is 16.7 Å². The smallest absolute Gasteiger partial charge is 0.325 e. The van der Waals surface area contributed by atoms with Gasteiger partial charge in [-0.15, -0.1) is 0 Å². The van der Waals surface area contributed by atoms with Gasteiger partial charge in [0.2, 0.25) is 12.7 Å². The van der Waals surface area contributed by atoms with Crippen LogP contribution in [-0.2, 0) is 4.79 Å². The van der Waals surface area contributed by atoms with Gasteiger partial charge in [0.25, 0.3) is 5.56 Å². The Morgan fingerprint density at radius 3 is 2.64 bits per heavy atom. The fourth-order valence-electron chi connectivity index (χ4n) is 3.55. The Labute approximate surface area is 208 Å². The first-order chi connectivity index (χ1) is 17.5. The summed E-state index contributed by atoms with van der Waals surface area (Å²) in [5.74, 6) is 0.324. The van der Waals surface area contributed by atoms with Gasteiger partial charge in [-0.05, 0) is 48.5 Å². The molecule has 178 valence electrons. The summed E-state index contributed by atoms with van der Waals surface area (Å²) in [6.45, 7) is 0.108. The highest BCUT2D eigenvalue weighted by molar-refractivity contribution is 7.99. The molecule has 0 aliphatic carbocycles. The van der Waals surface area contributed by atoms with E-state index in [2.05, 4.69) is 15.6 Å². The molecule has 1 aliphatic rings. The molecule has 3 aromatic carbocycles. The number of hydrogen-bond acceptors (Lipinski definition) is 8. The van der Waals surface area contributed by atoms with Crippen molar-refractivity contribution in [2.45, 2.75) is 5.16 Å². The van der Waals surface area contributed by atoms with Crippen molar-refractivity contribution in [3.63, 3.8) is 0 Å². The van der Waals surface area contributed by atoms with Crippen LogP contribution in [0.4, 0.5) is 10.5 Å². The first-order valence-corrected chi connectivity index (χ1v) is 11.7. The maximum atomic E-state index is 13.3. The number of aromatic nitrogens is 2. The fraction of sp³-hybridized carbons (Fsp3) is 0.0800. The monoisotopic (exact) mass is 499 g/mol. The van der Waals surface area contributed by atoms with Gasteiger partial charge in [-0.2, -0.15) is 5.26 Å². The van der Waals surface area contributed by atoms with Crippen molar-refractivity contribution in [1.29, 1.82) is 5.26 Å². The van der Waals surface area contributed by atoms with Crippen molar-refractivity contribution in [1.82, 2.24) is 14.9 Å². The molecule has 2 N–H and O–H groups in total. The molecule has 11 heteroatoms. The number of hydrogen-bond donors (Lipinski definition) is 2. The molecule has 0 fully saturated rings. The highest BCUT2D eigenvalue weighted by Crippen LogP contribution is 2.34. The Kier molecular flexibility index (Phi) is 6.25. The number of amides is 3. The molecule has 10 nitrogen and oxygen atoms in total. The summed E-state index contributed by atoms with van der Waals surface area (Å²) in [7, 11) is 0. The van der Waals surface area contributed by atoms with Crippen LogP contribution in [0.1, 0.15) is 5.56 Å². The first-order valence-electron chi connectivity index (χ1n) is 10.7. The predicted molar refractivity (Wildman–Crippen MR) is 133 cm³/mol. The van der Waals surface area contributed by atoms with E-state index in [0.717, 1.165) is 11.8 Å². The Hall–Kier alpha value is -4.82. The summed E-state index contributed by atoms with van der Waals surface area (Å²) >= 11 is 1.01. The number of urea groups is 1. The second-order valence-corrected chi connectivity index (χ2v) is 8.51. The summed E-state index contributed by atoms with van der Waals surface area (Å²) in [6, 6.07) is 19.6. The lowest BCUT2D eigenvalue weighted by Gasteiger charge is -2.13. The summed E-state index contributed by atoms with van der Waals surface area (Å²) < 4.78 is 11.9. The zero-order chi connectivity index (χ0) is 25.1. The average molecular weight is 500 g/mol. The lowest BCUT2D eigenvalue weighted by atomic mass is 10.2. The van der Waals surface area contributed by atoms with Crippen molar-refractivity contribution in [2.75, 3.05) is 17.9 Å². The molecule has 1 aromatic heterocycles. The number of benzene rings is 3. The van der Waals surface area contributed by atoms with Gasteiger partial charge in [0, 0.05) is 11.8 Å². The van der Waals surface area contributed by atoms with E-state index >= 15 is 0 Å². The van der Waals surface area contributed by atoms with E-state index in [1.807, 2.05) is 6.07 Å². The molecule has 0 radical (unpaired) electrons. The predicted octanol–water partition coefficient (Wildman–Crippen LogP) is 3.43. The highest BCUT2D eigenvalue weighted by atomic mass is 32.2. The van der Waals surface area contributed by atoms with Gasteiger partial charge >= 0.3 is 6.03 Å². The van der Waals surface area contributed by atoms with E-state index in [1.165, 1.54) is 4.57 Å². The van der Waals surface area contributed by atoms with Gasteiger partial charge in [-0.3, -0.25) is 19.5 Å². The first kappa shape index (κ1) is 22.9. The standard InChI is InChI=1S/C25H17N5O5S/c26-12-15-5-8-17(9-6-15)30-23(32)18-3-1-2-4-19(18)28-25(30)36-13-22(31)29-24(33)27-16-7-10-20-21(11-16)35-14-34-20/h1-11H,13-14H2,(H2,27,29,31,33). The van der Waals surface area contributed by atoms with Gasteiger partial charge in [0.1, 0.15) is 0 Å². The molecule has 3 amide bonds. The Bertz CT molecular complexity index is 1590. The van der Waals surface area contributed by atoms with Gasteiger partial charge in [-0.25, -0.2) is 9.78 Å². The average Bonchev–Trinajstić information content (AvgIpc) is 3.36. The van der Waals surface area contributed by atoms with Gasteiger partial charge in [0.05, 0.1) is 34.0 Å². The van der Waals surface area contributed by atoms with Crippen LogP contribution in [0.5, 0.6) is 11.5 Å². The molecule has 1 aliphatic heterocycles. The lowest BCUT2D eigenvalue weighted by Crippen LogP contribution is -2.35. The second-order valence-electron chi connectivity index (χ2n) is 7.57. The Balaban J connectivity index is 1.33. The molecule has 0 bridgehead atoms. The minimum Gasteiger partial charge on any atom is -0.454 e. The zero-order valence-corrected chi connectivity index (χ0v) is 19.4. The second kappa shape index (κ2) is 9.81. The molecule has 5 rings (SSSR count). The number of anilines is 1. The third-order valence-electron chi connectivity index (χ3n) is 5.22. The van der Waals surface area contributed by atoms with Crippen LogP contribution in [0.15, 0.2) is 76.7 Å². The number of fused-ring (bicyclic) bond motifs is 2. The lowest BCUT2D eigenvalue weighted by molar-refractivity contribution is -0.117. The number of para-hydroxylation sites is 1. The topological polar surface area (TPSA) is 135 Å². The van der Waals surface area contributed by atoms with E-state index < -0.39 is 11.9 Å². The molecule has 0 saturated heterocycles. The van der Waals surface area contributed by atoms with E-state index in [-0.39, 0.29) is 23.3 Å². The minimum atomic E-state index is -0.713. The van der Waals surface area contributed by atoms with Crippen LogP contribution in [-0.4, -0.2) is 34.0 Å². The Morgan fingerprint density at radius 1 is 1.06 bits per heavy atom. The summed E-state index contributed by atoms with van der Waals surface area (Å²) in [6.07, 6.45) is 0. The molecular weight excluding hydrogens is 482 g/mol. The normalized spacial score (nSPS) is 11.6. The third kappa shape index (κ3) is 4.70. The largest absolute Gasteiger partial charge is 0.454 e. The van der Waals surface area contributed by atoms with Crippen LogP contribution >= 0.6 is 11.8 Å². The zero-order valence-electron chi connectivity index (χ0n) is 18.6. The Morgan fingerprint density at radius 2 is 1.83 bits per heavy atom. The van der Waals surface area contributed by atoms with Gasteiger partial charge in [-0.1, -0.05) is 23.9 Å². The molecule has 2 heterocycles. The molecule has 0 atom stereocenters. The van der Waals surface area contributed by atoms with E-state index in [9.17, 15) is 14.4 Å². The van der Waals surface area contributed by atoms with Gasteiger partial charge < -0.3 is 14.8 Å².